The molecule has 1 aliphatic heterocycles. The van der Waals surface area contributed by atoms with Crippen LogP contribution in [0, 0.1) is 0 Å². The van der Waals surface area contributed by atoms with Gasteiger partial charge in [0, 0.05) is 28.1 Å². The van der Waals surface area contributed by atoms with Crippen LogP contribution in [0.5, 0.6) is 0 Å². The molecule has 1 aromatic rings. The Morgan fingerprint density at radius 3 is 2.82 bits per heavy atom. The van der Waals surface area contributed by atoms with Gasteiger partial charge in [0.15, 0.2) is 0 Å². The summed E-state index contributed by atoms with van der Waals surface area (Å²) in [5.74, 6) is 0.761. The Bertz CT molecular complexity index is 372. The van der Waals surface area contributed by atoms with E-state index in [1.54, 1.807) is 0 Å². The van der Waals surface area contributed by atoms with E-state index in [0.29, 0.717) is 5.25 Å². The fourth-order valence-corrected chi connectivity index (χ4v) is 4.27. The van der Waals surface area contributed by atoms with Gasteiger partial charge >= 0.3 is 0 Å². The lowest BCUT2D eigenvalue weighted by atomic mass is 9.78. The fourth-order valence-electron chi connectivity index (χ4n) is 2.66. The second kappa shape index (κ2) is 4.83. The molecule has 1 unspecified atom stereocenters. The Balaban J connectivity index is 1.55. The molecule has 1 aromatic carbocycles. The van der Waals surface area contributed by atoms with E-state index in [1.807, 2.05) is 11.8 Å². The van der Waals surface area contributed by atoms with E-state index < -0.39 is 0 Å². The van der Waals surface area contributed by atoms with Gasteiger partial charge < -0.3 is 5.32 Å². The monoisotopic (exact) mass is 267 g/mol. The molecule has 0 radical (unpaired) electrons. The molecule has 1 N–H and O–H groups in total. The maximum absolute atomic E-state index is 6.07. The van der Waals surface area contributed by atoms with E-state index >= 15 is 0 Å². The number of halogens is 1. The smallest absolute Gasteiger partial charge is 0.0406 e. The molecule has 3 heteroatoms. The highest BCUT2D eigenvalue weighted by molar-refractivity contribution is 8.00. The molecule has 0 bridgehead atoms. The summed E-state index contributed by atoms with van der Waals surface area (Å²) in [7, 11) is 0. The van der Waals surface area contributed by atoms with Crippen molar-refractivity contribution in [3.63, 3.8) is 0 Å². The Morgan fingerprint density at radius 2 is 2.18 bits per heavy atom. The fraction of sp³-hybridized carbons (Fsp3) is 0.571. The number of hydrogen-bond acceptors (Lipinski definition) is 2. The molecule has 1 nitrogen and oxygen atoms in total. The van der Waals surface area contributed by atoms with Crippen LogP contribution in [-0.4, -0.2) is 23.2 Å². The van der Waals surface area contributed by atoms with Crippen molar-refractivity contribution in [2.24, 2.45) is 0 Å². The van der Waals surface area contributed by atoms with Crippen LogP contribution in [-0.2, 0) is 6.42 Å². The van der Waals surface area contributed by atoms with Crippen LogP contribution in [0.4, 0.5) is 0 Å². The first-order chi connectivity index (χ1) is 8.31. The zero-order chi connectivity index (χ0) is 11.7. The van der Waals surface area contributed by atoms with Crippen LogP contribution < -0.4 is 5.32 Å². The third-order valence-corrected chi connectivity index (χ3v) is 5.82. The highest BCUT2D eigenvalue weighted by Gasteiger charge is 2.36. The van der Waals surface area contributed by atoms with Crippen molar-refractivity contribution in [2.75, 3.05) is 12.4 Å². The van der Waals surface area contributed by atoms with Crippen LogP contribution in [0.1, 0.15) is 24.8 Å². The molecule has 1 fully saturated rings. The molecule has 1 heterocycles. The summed E-state index contributed by atoms with van der Waals surface area (Å²) >= 11 is 8.08. The zero-order valence-electron chi connectivity index (χ0n) is 9.92. The lowest BCUT2D eigenvalue weighted by molar-refractivity contribution is 0.214. The molecule has 2 aliphatic rings. The van der Waals surface area contributed by atoms with Crippen LogP contribution in [0.15, 0.2) is 29.2 Å². The number of rotatable bonds is 4. The van der Waals surface area contributed by atoms with Crippen molar-refractivity contribution in [1.29, 1.82) is 0 Å². The van der Waals surface area contributed by atoms with Gasteiger partial charge in [0.05, 0.1) is 0 Å². The van der Waals surface area contributed by atoms with Crippen molar-refractivity contribution in [2.45, 2.75) is 41.4 Å². The molecule has 0 aromatic heterocycles. The number of thioether (sulfide) groups is 1. The van der Waals surface area contributed by atoms with E-state index in [9.17, 15) is 0 Å². The zero-order valence-corrected chi connectivity index (χ0v) is 11.5. The van der Waals surface area contributed by atoms with Gasteiger partial charge in [-0.25, -0.2) is 0 Å². The Morgan fingerprint density at radius 1 is 1.35 bits per heavy atom. The molecule has 17 heavy (non-hydrogen) atoms. The predicted octanol–water partition coefficient (Wildman–Crippen LogP) is 3.45. The summed E-state index contributed by atoms with van der Waals surface area (Å²) in [5, 5.41) is 4.39. The van der Waals surface area contributed by atoms with Crippen molar-refractivity contribution in [3.8, 4) is 0 Å². The van der Waals surface area contributed by atoms with Crippen molar-refractivity contribution in [1.82, 2.24) is 5.32 Å². The van der Waals surface area contributed by atoms with Gasteiger partial charge in [0.25, 0.3) is 0 Å². The van der Waals surface area contributed by atoms with Crippen molar-refractivity contribution >= 4 is 23.4 Å². The number of nitrogens with one attached hydrogen (secondary N) is 1. The highest BCUT2D eigenvalue weighted by Crippen LogP contribution is 2.38. The average Bonchev–Trinajstić information content (AvgIpc) is 2.71. The van der Waals surface area contributed by atoms with E-state index in [0.717, 1.165) is 12.4 Å². The molecule has 1 saturated carbocycles. The first-order valence-electron chi connectivity index (χ1n) is 6.37. The minimum Gasteiger partial charge on any atom is -0.309 e. The summed E-state index contributed by atoms with van der Waals surface area (Å²) in [4.78, 5) is 1.47. The number of hydrogen-bond donors (Lipinski definition) is 1. The van der Waals surface area contributed by atoms with Gasteiger partial charge in [0.1, 0.15) is 0 Å². The van der Waals surface area contributed by atoms with Crippen molar-refractivity contribution in [3.05, 3.63) is 29.8 Å². The molecule has 1 atom stereocenters. The van der Waals surface area contributed by atoms with E-state index in [2.05, 4.69) is 29.6 Å². The van der Waals surface area contributed by atoms with E-state index in [-0.39, 0.29) is 5.54 Å². The molecule has 3 rings (SSSR count). The minimum atomic E-state index is 0.261. The summed E-state index contributed by atoms with van der Waals surface area (Å²) in [6.45, 7) is 1.09. The Labute approximate surface area is 112 Å². The lowest BCUT2D eigenvalue weighted by Gasteiger charge is -2.42. The number of fused-ring (bicyclic) bond motifs is 1. The van der Waals surface area contributed by atoms with E-state index in [4.69, 9.17) is 11.6 Å². The topological polar surface area (TPSA) is 12.0 Å². The maximum atomic E-state index is 6.07. The molecule has 0 amide bonds. The number of benzene rings is 1. The molecular weight excluding hydrogens is 250 g/mol. The molecular formula is C14H18ClNS. The van der Waals surface area contributed by atoms with Gasteiger partial charge in [-0.3, -0.25) is 0 Å². The Hall–Kier alpha value is -0.180. The van der Waals surface area contributed by atoms with Crippen LogP contribution in [0.3, 0.4) is 0 Å². The van der Waals surface area contributed by atoms with Crippen LogP contribution in [0.2, 0.25) is 0 Å². The third-order valence-electron chi connectivity index (χ3n) is 3.99. The van der Waals surface area contributed by atoms with Crippen LogP contribution >= 0.6 is 23.4 Å². The van der Waals surface area contributed by atoms with Gasteiger partial charge in [-0.15, -0.1) is 23.4 Å². The van der Waals surface area contributed by atoms with Gasteiger partial charge in [-0.2, -0.15) is 0 Å². The molecule has 1 aliphatic carbocycles. The van der Waals surface area contributed by atoms with Gasteiger partial charge in [-0.1, -0.05) is 18.2 Å². The molecule has 0 spiro atoms. The standard InChI is InChI=1S/C14H18ClNS/c15-10-14(6-3-7-14)16-9-12-8-11-4-1-2-5-13(11)17-12/h1-2,4-5,12,16H,3,6-10H2. The van der Waals surface area contributed by atoms with E-state index in [1.165, 1.54) is 36.1 Å². The SMILES string of the molecule is ClCC1(NCC2Cc3ccccc3S2)CCC1. The largest absolute Gasteiger partial charge is 0.309 e. The Kier molecular flexibility index (Phi) is 3.38. The summed E-state index contributed by atoms with van der Waals surface area (Å²) in [6, 6.07) is 8.76. The molecule has 92 valence electrons. The first kappa shape index (κ1) is 11.9. The average molecular weight is 268 g/mol. The second-order valence-corrected chi connectivity index (χ2v) is 6.81. The quantitative estimate of drug-likeness (QED) is 0.839. The second-order valence-electron chi connectivity index (χ2n) is 5.20. The maximum Gasteiger partial charge on any atom is 0.0406 e. The van der Waals surface area contributed by atoms with Crippen LogP contribution in [0.25, 0.3) is 0 Å². The van der Waals surface area contributed by atoms with Gasteiger partial charge in [0.2, 0.25) is 0 Å². The first-order valence-corrected chi connectivity index (χ1v) is 7.78. The molecule has 0 saturated heterocycles. The normalized spacial score (nSPS) is 25.4. The lowest BCUT2D eigenvalue weighted by Crippen LogP contribution is -2.54. The van der Waals surface area contributed by atoms with Gasteiger partial charge in [-0.05, 0) is 37.3 Å². The minimum absolute atomic E-state index is 0.261. The summed E-state index contributed by atoms with van der Waals surface area (Å²) in [6.07, 6.45) is 5.03. The van der Waals surface area contributed by atoms with Crippen molar-refractivity contribution < 1.29 is 0 Å². The predicted molar refractivity (Wildman–Crippen MR) is 75.1 cm³/mol. The summed E-state index contributed by atoms with van der Waals surface area (Å²) < 4.78 is 0. The highest BCUT2D eigenvalue weighted by atomic mass is 35.5. The third kappa shape index (κ3) is 2.35. The summed E-state index contributed by atoms with van der Waals surface area (Å²) in [5.41, 5.74) is 1.77. The number of alkyl halides is 1.